The molecule has 0 heterocycles. The van der Waals surface area contributed by atoms with E-state index in [2.05, 4.69) is 4.72 Å². The predicted molar refractivity (Wildman–Crippen MR) is 99.2 cm³/mol. The van der Waals surface area contributed by atoms with Gasteiger partial charge in [-0.2, -0.15) is 0 Å². The lowest BCUT2D eigenvalue weighted by molar-refractivity contribution is 0.519. The van der Waals surface area contributed by atoms with Gasteiger partial charge >= 0.3 is 0 Å². The van der Waals surface area contributed by atoms with Crippen molar-refractivity contribution >= 4 is 30.1 Å². The van der Waals surface area contributed by atoms with Crippen LogP contribution in [0.2, 0.25) is 0 Å². The molecule has 148 valence electrons. The van der Waals surface area contributed by atoms with Gasteiger partial charge in [0.25, 0.3) is 0 Å². The van der Waals surface area contributed by atoms with E-state index in [9.17, 15) is 25.3 Å². The summed E-state index contributed by atoms with van der Waals surface area (Å²) in [5.74, 6) is 0. The van der Waals surface area contributed by atoms with Gasteiger partial charge in [0.15, 0.2) is 0 Å². The van der Waals surface area contributed by atoms with E-state index in [1.165, 1.54) is 26.2 Å². The summed E-state index contributed by atoms with van der Waals surface area (Å²) in [5, 5.41) is 4.98. The van der Waals surface area contributed by atoms with Crippen LogP contribution in [-0.4, -0.2) is 43.7 Å². The minimum atomic E-state index is -4.00. The number of sulfonamides is 3. The van der Waals surface area contributed by atoms with Crippen molar-refractivity contribution in [1.29, 1.82) is 0 Å². The molecule has 0 atom stereocenters. The highest BCUT2D eigenvalue weighted by Crippen LogP contribution is 2.19. The highest BCUT2D eigenvalue weighted by Gasteiger charge is 2.22. The summed E-state index contributed by atoms with van der Waals surface area (Å²) in [6.07, 6.45) is 0. The molecule has 3 N–H and O–H groups in total. The van der Waals surface area contributed by atoms with Crippen molar-refractivity contribution < 1.29 is 25.3 Å². The summed E-state index contributed by atoms with van der Waals surface area (Å²) in [5.41, 5.74) is 0.274. The summed E-state index contributed by atoms with van der Waals surface area (Å²) in [4.78, 5) is -0.408. The molecule has 0 aliphatic rings. The molecule has 2 aromatic rings. The van der Waals surface area contributed by atoms with Crippen molar-refractivity contribution in [3.8, 4) is 0 Å². The van der Waals surface area contributed by atoms with Crippen molar-refractivity contribution in [3.63, 3.8) is 0 Å². The average Bonchev–Trinajstić information content (AvgIpc) is 2.59. The van der Waals surface area contributed by atoms with Gasteiger partial charge in [0.1, 0.15) is 0 Å². The Balaban J connectivity index is 2.29. The van der Waals surface area contributed by atoms with Gasteiger partial charge in [0, 0.05) is 20.6 Å². The number of nitrogens with two attached hydrogens (primary N) is 1. The van der Waals surface area contributed by atoms with Crippen molar-refractivity contribution in [2.24, 2.45) is 5.14 Å². The second-order valence-corrected chi connectivity index (χ2v) is 11.2. The lowest BCUT2D eigenvalue weighted by atomic mass is 10.2. The summed E-state index contributed by atoms with van der Waals surface area (Å²) < 4.78 is 75.4. The van der Waals surface area contributed by atoms with Crippen LogP contribution in [0.5, 0.6) is 0 Å². The third-order valence-corrected chi connectivity index (χ3v) is 7.91. The van der Waals surface area contributed by atoms with Crippen LogP contribution in [0.25, 0.3) is 0 Å². The summed E-state index contributed by atoms with van der Waals surface area (Å²) in [7, 11) is -8.92. The zero-order valence-electron chi connectivity index (χ0n) is 14.5. The zero-order chi connectivity index (χ0) is 20.5. The van der Waals surface area contributed by atoms with Crippen LogP contribution in [0.1, 0.15) is 5.56 Å². The minimum Gasteiger partial charge on any atom is -0.225 e. The van der Waals surface area contributed by atoms with Gasteiger partial charge in [0.05, 0.1) is 14.7 Å². The zero-order valence-corrected chi connectivity index (χ0v) is 17.0. The fraction of sp³-hybridized carbons (Fsp3) is 0.200. The lowest BCUT2D eigenvalue weighted by Gasteiger charge is -2.15. The third-order valence-electron chi connectivity index (χ3n) is 3.65. The van der Waals surface area contributed by atoms with Gasteiger partial charge in [-0.3, -0.25) is 0 Å². The largest absolute Gasteiger partial charge is 0.242 e. The summed E-state index contributed by atoms with van der Waals surface area (Å²) in [6, 6.07) is 10.4. The number of benzene rings is 2. The van der Waals surface area contributed by atoms with E-state index in [0.29, 0.717) is 0 Å². The molecule has 27 heavy (non-hydrogen) atoms. The first-order valence-electron chi connectivity index (χ1n) is 7.49. The van der Waals surface area contributed by atoms with Gasteiger partial charge in [0.2, 0.25) is 30.1 Å². The van der Waals surface area contributed by atoms with Crippen molar-refractivity contribution in [1.82, 2.24) is 9.03 Å². The molecule has 0 saturated carbocycles. The van der Waals surface area contributed by atoms with Crippen LogP contribution < -0.4 is 9.86 Å². The van der Waals surface area contributed by atoms with Gasteiger partial charge in [-0.25, -0.2) is 39.4 Å². The highest BCUT2D eigenvalue weighted by molar-refractivity contribution is 7.90. The van der Waals surface area contributed by atoms with E-state index < -0.39 is 30.1 Å². The van der Waals surface area contributed by atoms with E-state index in [0.717, 1.165) is 28.6 Å². The van der Waals surface area contributed by atoms with Gasteiger partial charge in [-0.1, -0.05) is 18.2 Å². The molecule has 0 amide bonds. The Morgan fingerprint density at radius 1 is 0.852 bits per heavy atom. The molecule has 0 aliphatic heterocycles. The number of primary sulfonamides is 1. The first kappa shape index (κ1) is 21.5. The second-order valence-electron chi connectivity index (χ2n) is 5.74. The van der Waals surface area contributed by atoms with Crippen molar-refractivity contribution in [2.45, 2.75) is 21.2 Å². The molecule has 12 heteroatoms. The van der Waals surface area contributed by atoms with E-state index in [4.69, 9.17) is 5.14 Å². The molecule has 0 unspecified atom stereocenters. The molecular weight excluding hydrogens is 414 g/mol. The fourth-order valence-electron chi connectivity index (χ4n) is 2.16. The summed E-state index contributed by atoms with van der Waals surface area (Å²) >= 11 is 0. The molecule has 0 radical (unpaired) electrons. The Kier molecular flexibility index (Phi) is 6.09. The van der Waals surface area contributed by atoms with Gasteiger partial charge in [-0.15, -0.1) is 0 Å². The van der Waals surface area contributed by atoms with Crippen LogP contribution in [0.15, 0.2) is 63.2 Å². The van der Waals surface area contributed by atoms with E-state index in [-0.39, 0.29) is 26.8 Å². The predicted octanol–water partition coefficient (Wildman–Crippen LogP) is 0.0628. The molecule has 0 bridgehead atoms. The normalized spacial score (nSPS) is 13.0. The molecule has 0 spiro atoms. The maximum absolute atomic E-state index is 12.4. The Morgan fingerprint density at radius 2 is 1.37 bits per heavy atom. The third kappa shape index (κ3) is 4.91. The number of hydrogen-bond acceptors (Lipinski definition) is 6. The summed E-state index contributed by atoms with van der Waals surface area (Å²) in [6.45, 7) is -0.261. The quantitative estimate of drug-likeness (QED) is 0.632. The molecular formula is C15H19N3O6S3. The molecule has 0 aromatic heterocycles. The monoisotopic (exact) mass is 433 g/mol. The Labute approximate surface area is 159 Å². The van der Waals surface area contributed by atoms with Crippen LogP contribution >= 0.6 is 0 Å². The number of nitrogens with one attached hydrogen (secondary N) is 1. The average molecular weight is 434 g/mol. The Bertz CT molecular complexity index is 1140. The molecule has 9 nitrogen and oxygen atoms in total. The van der Waals surface area contributed by atoms with Crippen molar-refractivity contribution in [2.75, 3.05) is 14.1 Å². The maximum atomic E-state index is 12.4. The SMILES string of the molecule is CN(C)S(=O)(=O)c1ccccc1CNS(=O)(=O)c1ccc(S(N)(=O)=O)cc1. The highest BCUT2D eigenvalue weighted by atomic mass is 32.2. The van der Waals surface area contributed by atoms with Crippen LogP contribution in [0, 0.1) is 0 Å². The molecule has 2 aromatic carbocycles. The van der Waals surface area contributed by atoms with E-state index in [1.54, 1.807) is 12.1 Å². The Morgan fingerprint density at radius 3 is 1.89 bits per heavy atom. The number of nitrogens with zero attached hydrogens (tertiary/aromatic N) is 1. The molecule has 0 saturated heterocycles. The van der Waals surface area contributed by atoms with Crippen LogP contribution in [0.4, 0.5) is 0 Å². The van der Waals surface area contributed by atoms with Gasteiger partial charge in [-0.05, 0) is 35.9 Å². The van der Waals surface area contributed by atoms with Crippen LogP contribution in [-0.2, 0) is 36.6 Å². The second kappa shape index (κ2) is 7.66. The standard InChI is InChI=1S/C15H19N3O6S3/c1-18(2)27(23,24)15-6-4-3-5-12(15)11-17-26(21,22)14-9-7-13(8-10-14)25(16,19)20/h3-10,17H,11H2,1-2H3,(H2,16,19,20). The molecule has 2 rings (SSSR count). The first-order chi connectivity index (χ1) is 12.4. The Hall–Kier alpha value is -1.83. The topological polar surface area (TPSA) is 144 Å². The molecule has 0 fully saturated rings. The lowest BCUT2D eigenvalue weighted by Crippen LogP contribution is -2.27. The first-order valence-corrected chi connectivity index (χ1v) is 12.0. The smallest absolute Gasteiger partial charge is 0.225 e. The minimum absolute atomic E-state index is 0.0118. The number of hydrogen-bond donors (Lipinski definition) is 2. The fourth-order valence-corrected chi connectivity index (χ4v) is 4.80. The molecule has 0 aliphatic carbocycles. The maximum Gasteiger partial charge on any atom is 0.242 e. The van der Waals surface area contributed by atoms with E-state index >= 15 is 0 Å². The van der Waals surface area contributed by atoms with E-state index in [1.807, 2.05) is 0 Å². The van der Waals surface area contributed by atoms with Crippen molar-refractivity contribution in [3.05, 3.63) is 54.1 Å². The van der Waals surface area contributed by atoms with Gasteiger partial charge < -0.3 is 0 Å². The van der Waals surface area contributed by atoms with Crippen LogP contribution in [0.3, 0.4) is 0 Å². The number of rotatable bonds is 7.